The van der Waals surface area contributed by atoms with Crippen molar-refractivity contribution in [2.45, 2.75) is 5.33 Å². The molecule has 1 heterocycles. The molecule has 0 unspecified atom stereocenters. The molecule has 0 aliphatic heterocycles. The number of rotatable bonds is 2. The van der Waals surface area contributed by atoms with Crippen LogP contribution in [0.25, 0.3) is 5.69 Å². The van der Waals surface area contributed by atoms with Crippen molar-refractivity contribution in [3.63, 3.8) is 0 Å². The molecular formula is C10H8BrClN2. The number of hydrogen-bond donors (Lipinski definition) is 0. The number of nitrogens with zero attached hydrogens (tertiary/aromatic N) is 2. The van der Waals surface area contributed by atoms with Crippen LogP contribution in [-0.2, 0) is 5.33 Å². The van der Waals surface area contributed by atoms with Gasteiger partial charge in [0.25, 0.3) is 0 Å². The van der Waals surface area contributed by atoms with Crippen molar-refractivity contribution in [3.05, 3.63) is 47.5 Å². The summed E-state index contributed by atoms with van der Waals surface area (Å²) >= 11 is 9.51. The highest BCUT2D eigenvalue weighted by molar-refractivity contribution is 9.08. The Hall–Kier alpha value is -0.800. The maximum Gasteiger partial charge on any atom is 0.0991 e. The molecular weight excluding hydrogens is 263 g/mol. The Morgan fingerprint density at radius 1 is 1.43 bits per heavy atom. The Morgan fingerprint density at radius 2 is 2.29 bits per heavy atom. The van der Waals surface area contributed by atoms with E-state index in [4.69, 9.17) is 11.6 Å². The molecule has 0 N–H and O–H groups in total. The topological polar surface area (TPSA) is 17.8 Å². The summed E-state index contributed by atoms with van der Waals surface area (Å²) in [5, 5.41) is 1.51. The highest BCUT2D eigenvalue weighted by Gasteiger charge is 2.06. The number of alkyl halides is 1. The second-order valence-corrected chi connectivity index (χ2v) is 3.81. The van der Waals surface area contributed by atoms with Gasteiger partial charge in [-0.25, -0.2) is 4.98 Å². The Bertz CT molecular complexity index is 426. The van der Waals surface area contributed by atoms with Gasteiger partial charge in [0.05, 0.1) is 12.0 Å². The minimum Gasteiger partial charge on any atom is -0.306 e. The van der Waals surface area contributed by atoms with Gasteiger partial charge in [0, 0.05) is 28.3 Å². The fourth-order valence-corrected chi connectivity index (χ4v) is 2.31. The molecule has 2 nitrogen and oxygen atoms in total. The fraction of sp³-hybridized carbons (Fsp3) is 0.100. The summed E-state index contributed by atoms with van der Waals surface area (Å²) in [5.74, 6) is 0. The second-order valence-electron chi connectivity index (χ2n) is 2.84. The number of hydrogen-bond acceptors (Lipinski definition) is 1. The Kier molecular flexibility index (Phi) is 2.89. The number of benzene rings is 1. The van der Waals surface area contributed by atoms with E-state index in [1.54, 1.807) is 12.5 Å². The molecule has 0 atom stereocenters. The van der Waals surface area contributed by atoms with Gasteiger partial charge in [-0.3, -0.25) is 0 Å². The largest absolute Gasteiger partial charge is 0.306 e. The van der Waals surface area contributed by atoms with Gasteiger partial charge in [-0.05, 0) is 12.1 Å². The monoisotopic (exact) mass is 270 g/mol. The molecule has 0 saturated carbocycles. The van der Waals surface area contributed by atoms with Crippen LogP contribution in [0, 0.1) is 0 Å². The summed E-state index contributed by atoms with van der Waals surface area (Å²) in [5.41, 5.74) is 2.14. The van der Waals surface area contributed by atoms with Gasteiger partial charge < -0.3 is 4.57 Å². The van der Waals surface area contributed by atoms with Crippen LogP contribution in [0.3, 0.4) is 0 Å². The molecule has 0 aliphatic rings. The zero-order valence-electron chi connectivity index (χ0n) is 7.32. The number of halogens is 2. The summed E-state index contributed by atoms with van der Waals surface area (Å²) in [6.07, 6.45) is 5.41. The average molecular weight is 272 g/mol. The molecule has 1 aromatic carbocycles. The fourth-order valence-electron chi connectivity index (χ4n) is 1.32. The van der Waals surface area contributed by atoms with E-state index in [0.717, 1.165) is 21.6 Å². The maximum atomic E-state index is 6.08. The molecule has 0 bridgehead atoms. The summed E-state index contributed by atoms with van der Waals surface area (Å²) < 4.78 is 1.95. The molecule has 0 spiro atoms. The third kappa shape index (κ3) is 1.70. The predicted octanol–water partition coefficient (Wildman–Crippen LogP) is 3.42. The SMILES string of the molecule is Clc1cccc(-n2ccnc2)c1CBr. The lowest BCUT2D eigenvalue weighted by Crippen LogP contribution is -1.95. The van der Waals surface area contributed by atoms with Gasteiger partial charge in [0.1, 0.15) is 0 Å². The van der Waals surface area contributed by atoms with Crippen molar-refractivity contribution < 1.29 is 0 Å². The molecule has 14 heavy (non-hydrogen) atoms. The summed E-state index contributed by atoms with van der Waals surface area (Å²) in [6, 6.07) is 5.84. The first-order valence-corrected chi connectivity index (χ1v) is 5.64. The Balaban J connectivity index is 2.58. The maximum absolute atomic E-state index is 6.08. The zero-order chi connectivity index (χ0) is 9.97. The minimum absolute atomic E-state index is 0.736. The summed E-state index contributed by atoms with van der Waals surface area (Å²) in [7, 11) is 0. The highest BCUT2D eigenvalue weighted by atomic mass is 79.9. The van der Waals surface area contributed by atoms with E-state index in [9.17, 15) is 0 Å². The van der Waals surface area contributed by atoms with Crippen molar-refractivity contribution in [1.82, 2.24) is 9.55 Å². The lowest BCUT2D eigenvalue weighted by molar-refractivity contribution is 1.04. The number of aromatic nitrogens is 2. The lowest BCUT2D eigenvalue weighted by Gasteiger charge is -2.09. The second kappa shape index (κ2) is 4.15. The van der Waals surface area contributed by atoms with Gasteiger partial charge in [-0.15, -0.1) is 0 Å². The molecule has 0 amide bonds. The van der Waals surface area contributed by atoms with Crippen LogP contribution in [0.15, 0.2) is 36.9 Å². The van der Waals surface area contributed by atoms with Gasteiger partial charge >= 0.3 is 0 Å². The Morgan fingerprint density at radius 3 is 2.93 bits per heavy atom. The van der Waals surface area contributed by atoms with Crippen LogP contribution in [0.5, 0.6) is 0 Å². The molecule has 0 fully saturated rings. The van der Waals surface area contributed by atoms with Crippen molar-refractivity contribution in [3.8, 4) is 5.69 Å². The summed E-state index contributed by atoms with van der Waals surface area (Å²) in [6.45, 7) is 0. The van der Waals surface area contributed by atoms with E-state index in [0.29, 0.717) is 0 Å². The first-order valence-electron chi connectivity index (χ1n) is 4.14. The first kappa shape index (κ1) is 9.74. The van der Waals surface area contributed by atoms with Gasteiger partial charge in [-0.1, -0.05) is 33.6 Å². The van der Waals surface area contributed by atoms with Crippen LogP contribution in [0.2, 0.25) is 5.02 Å². The summed E-state index contributed by atoms with van der Waals surface area (Å²) in [4.78, 5) is 4.01. The molecule has 0 aliphatic carbocycles. The quantitative estimate of drug-likeness (QED) is 0.765. The molecule has 2 aromatic rings. The van der Waals surface area contributed by atoms with Crippen molar-refractivity contribution >= 4 is 27.5 Å². The van der Waals surface area contributed by atoms with E-state index < -0.39 is 0 Å². The lowest BCUT2D eigenvalue weighted by atomic mass is 10.2. The highest BCUT2D eigenvalue weighted by Crippen LogP contribution is 2.25. The van der Waals surface area contributed by atoms with E-state index in [1.807, 2.05) is 29.0 Å². The smallest absolute Gasteiger partial charge is 0.0991 e. The molecule has 1 aromatic heterocycles. The van der Waals surface area contributed by atoms with Crippen molar-refractivity contribution in [2.75, 3.05) is 0 Å². The van der Waals surface area contributed by atoms with Crippen LogP contribution in [-0.4, -0.2) is 9.55 Å². The van der Waals surface area contributed by atoms with E-state index >= 15 is 0 Å². The molecule has 2 rings (SSSR count). The third-order valence-electron chi connectivity index (χ3n) is 2.01. The van der Waals surface area contributed by atoms with Crippen LogP contribution in [0.4, 0.5) is 0 Å². The van der Waals surface area contributed by atoms with E-state index in [-0.39, 0.29) is 0 Å². The third-order valence-corrected chi connectivity index (χ3v) is 2.93. The van der Waals surface area contributed by atoms with Gasteiger partial charge in [-0.2, -0.15) is 0 Å². The first-order chi connectivity index (χ1) is 6.83. The van der Waals surface area contributed by atoms with Gasteiger partial charge in [0.15, 0.2) is 0 Å². The molecule has 4 heteroatoms. The van der Waals surface area contributed by atoms with Crippen molar-refractivity contribution in [2.24, 2.45) is 0 Å². The molecule has 0 saturated heterocycles. The van der Waals surface area contributed by atoms with Crippen LogP contribution < -0.4 is 0 Å². The Labute approximate surface area is 95.7 Å². The zero-order valence-corrected chi connectivity index (χ0v) is 9.66. The van der Waals surface area contributed by atoms with E-state index in [1.165, 1.54) is 0 Å². The van der Waals surface area contributed by atoms with Crippen molar-refractivity contribution in [1.29, 1.82) is 0 Å². The number of imidazole rings is 1. The van der Waals surface area contributed by atoms with Crippen LogP contribution in [0.1, 0.15) is 5.56 Å². The molecule has 72 valence electrons. The standard InChI is InChI=1S/C10H8BrClN2/c11-6-8-9(12)2-1-3-10(8)14-5-4-13-7-14/h1-5,7H,6H2. The van der Waals surface area contributed by atoms with Crippen LogP contribution >= 0.6 is 27.5 Å². The normalized spacial score (nSPS) is 10.4. The minimum atomic E-state index is 0.736. The van der Waals surface area contributed by atoms with E-state index in [2.05, 4.69) is 20.9 Å². The predicted molar refractivity (Wildman–Crippen MR) is 61.2 cm³/mol. The molecule has 0 radical (unpaired) electrons. The van der Waals surface area contributed by atoms with Gasteiger partial charge in [0.2, 0.25) is 0 Å². The average Bonchev–Trinajstić information content (AvgIpc) is 2.70.